The number of hydrogen-bond acceptors (Lipinski definition) is 2. The normalized spacial score (nSPS) is 19.4. The number of esters is 1. The van der Waals surface area contributed by atoms with E-state index in [4.69, 9.17) is 4.74 Å². The molecule has 0 spiro atoms. The topological polar surface area (TPSA) is 26.3 Å². The Morgan fingerprint density at radius 2 is 2.00 bits per heavy atom. The van der Waals surface area contributed by atoms with Gasteiger partial charge in [0.2, 0.25) is 0 Å². The maximum Gasteiger partial charge on any atom is 0.339 e. The van der Waals surface area contributed by atoms with Crippen molar-refractivity contribution in [2.24, 2.45) is 5.41 Å². The first kappa shape index (κ1) is 11.2. The van der Waals surface area contributed by atoms with Gasteiger partial charge in [-0.2, -0.15) is 0 Å². The van der Waals surface area contributed by atoms with Crippen molar-refractivity contribution in [1.82, 2.24) is 0 Å². The first-order valence-corrected chi connectivity index (χ1v) is 5.86. The summed E-state index contributed by atoms with van der Waals surface area (Å²) in [5.41, 5.74) is 1.79. The molecule has 1 atom stereocenters. The van der Waals surface area contributed by atoms with Gasteiger partial charge in [-0.05, 0) is 12.5 Å². The van der Waals surface area contributed by atoms with Crippen LogP contribution >= 0.6 is 0 Å². The number of cyclic esters (lactones) is 1. The molecule has 86 valence electrons. The van der Waals surface area contributed by atoms with Crippen molar-refractivity contribution in [3.63, 3.8) is 0 Å². The van der Waals surface area contributed by atoms with Crippen LogP contribution in [0.2, 0.25) is 0 Å². The van der Waals surface area contributed by atoms with Crippen LogP contribution in [0.1, 0.15) is 55.6 Å². The Labute approximate surface area is 96.6 Å². The molecule has 1 aromatic rings. The lowest BCUT2D eigenvalue weighted by Gasteiger charge is -2.30. The van der Waals surface area contributed by atoms with Crippen molar-refractivity contribution in [3.8, 4) is 0 Å². The molecule has 16 heavy (non-hydrogen) atoms. The number of rotatable bonds is 3. The van der Waals surface area contributed by atoms with E-state index in [1.54, 1.807) is 0 Å². The molecule has 0 saturated carbocycles. The Balaban J connectivity index is 2.37. The van der Waals surface area contributed by atoms with Crippen molar-refractivity contribution < 1.29 is 9.53 Å². The van der Waals surface area contributed by atoms with Gasteiger partial charge in [0.15, 0.2) is 0 Å². The zero-order valence-corrected chi connectivity index (χ0v) is 10.1. The van der Waals surface area contributed by atoms with Gasteiger partial charge in [-0.15, -0.1) is 0 Å². The van der Waals surface area contributed by atoms with Gasteiger partial charge in [-0.1, -0.05) is 45.4 Å². The molecular formula is C14H18O2. The van der Waals surface area contributed by atoms with Gasteiger partial charge in [0.25, 0.3) is 0 Å². The van der Waals surface area contributed by atoms with Gasteiger partial charge in [0, 0.05) is 11.0 Å². The highest BCUT2D eigenvalue weighted by molar-refractivity contribution is 5.94. The van der Waals surface area contributed by atoms with Crippen LogP contribution in [0, 0.1) is 5.41 Å². The number of benzene rings is 1. The Bertz CT molecular complexity index is 407. The minimum atomic E-state index is -0.176. The largest absolute Gasteiger partial charge is 0.453 e. The van der Waals surface area contributed by atoms with Crippen LogP contribution in [0.3, 0.4) is 0 Å². The fourth-order valence-corrected chi connectivity index (χ4v) is 2.50. The molecule has 0 aliphatic carbocycles. The average Bonchev–Trinajstić information content (AvgIpc) is 2.58. The van der Waals surface area contributed by atoms with Gasteiger partial charge in [0.05, 0.1) is 5.56 Å². The molecule has 2 nitrogen and oxygen atoms in total. The van der Waals surface area contributed by atoms with Gasteiger partial charge in [-0.3, -0.25) is 0 Å². The van der Waals surface area contributed by atoms with Crippen LogP contribution in [0.15, 0.2) is 24.3 Å². The molecule has 1 aromatic carbocycles. The van der Waals surface area contributed by atoms with Gasteiger partial charge >= 0.3 is 5.97 Å². The number of carbonyl (C=O) groups is 1. The molecule has 1 aliphatic rings. The predicted molar refractivity (Wildman–Crippen MR) is 63.3 cm³/mol. The van der Waals surface area contributed by atoms with Gasteiger partial charge in [0.1, 0.15) is 6.10 Å². The lowest BCUT2D eigenvalue weighted by atomic mass is 9.79. The third-order valence-corrected chi connectivity index (χ3v) is 3.29. The molecule has 0 amide bonds. The summed E-state index contributed by atoms with van der Waals surface area (Å²) in [7, 11) is 0. The van der Waals surface area contributed by atoms with Crippen molar-refractivity contribution in [2.45, 2.75) is 39.7 Å². The first-order chi connectivity index (χ1) is 7.56. The van der Waals surface area contributed by atoms with Crippen molar-refractivity contribution >= 4 is 5.97 Å². The highest BCUT2D eigenvalue weighted by atomic mass is 16.5. The zero-order chi connectivity index (χ0) is 11.8. The van der Waals surface area contributed by atoms with Crippen LogP contribution in [0.25, 0.3) is 0 Å². The van der Waals surface area contributed by atoms with E-state index in [2.05, 4.69) is 20.8 Å². The number of hydrogen-bond donors (Lipinski definition) is 0. The zero-order valence-electron chi connectivity index (χ0n) is 10.1. The molecule has 0 radical (unpaired) electrons. The summed E-state index contributed by atoms with van der Waals surface area (Å²) in [6, 6.07) is 7.70. The molecular weight excluding hydrogens is 200 g/mol. The fraction of sp³-hybridized carbons (Fsp3) is 0.500. The summed E-state index contributed by atoms with van der Waals surface area (Å²) in [5, 5.41) is 0. The summed E-state index contributed by atoms with van der Waals surface area (Å²) in [6.45, 7) is 6.48. The third-order valence-electron chi connectivity index (χ3n) is 3.29. The van der Waals surface area contributed by atoms with Crippen molar-refractivity contribution in [3.05, 3.63) is 35.4 Å². The molecule has 0 fully saturated rings. The van der Waals surface area contributed by atoms with E-state index in [9.17, 15) is 4.79 Å². The standard InChI is InChI=1S/C14H18O2/c1-4-9-14(2,3)12-10-7-5-6-8-11(10)13(15)16-12/h5-8,12H,4,9H2,1-3H3. The summed E-state index contributed by atoms with van der Waals surface area (Å²) < 4.78 is 5.51. The molecule has 0 bridgehead atoms. The van der Waals surface area contributed by atoms with Crippen LogP contribution in [0.4, 0.5) is 0 Å². The quantitative estimate of drug-likeness (QED) is 0.723. The van der Waals surface area contributed by atoms with E-state index < -0.39 is 0 Å². The highest BCUT2D eigenvalue weighted by Gasteiger charge is 2.40. The van der Waals surface area contributed by atoms with Gasteiger partial charge in [-0.25, -0.2) is 4.79 Å². The highest BCUT2D eigenvalue weighted by Crippen LogP contribution is 2.45. The van der Waals surface area contributed by atoms with Crippen LogP contribution in [0.5, 0.6) is 0 Å². The van der Waals surface area contributed by atoms with E-state index in [1.165, 1.54) is 0 Å². The maximum absolute atomic E-state index is 11.7. The second-order valence-electron chi connectivity index (χ2n) is 5.11. The Hall–Kier alpha value is -1.31. The molecule has 2 heteroatoms. The van der Waals surface area contributed by atoms with E-state index in [0.29, 0.717) is 0 Å². The SMILES string of the molecule is CCCC(C)(C)C1OC(=O)c2ccccc21. The number of ether oxygens (including phenoxy) is 1. The first-order valence-electron chi connectivity index (χ1n) is 5.86. The average molecular weight is 218 g/mol. The minimum Gasteiger partial charge on any atom is -0.453 e. The van der Waals surface area contributed by atoms with Gasteiger partial charge < -0.3 is 4.74 Å². The van der Waals surface area contributed by atoms with E-state index >= 15 is 0 Å². The van der Waals surface area contributed by atoms with Crippen molar-refractivity contribution in [1.29, 1.82) is 0 Å². The number of fused-ring (bicyclic) bond motifs is 1. The van der Waals surface area contributed by atoms with Crippen LogP contribution in [-0.2, 0) is 4.74 Å². The van der Waals surface area contributed by atoms with Crippen LogP contribution < -0.4 is 0 Å². The van der Waals surface area contributed by atoms with E-state index in [-0.39, 0.29) is 17.5 Å². The summed E-state index contributed by atoms with van der Waals surface area (Å²) in [4.78, 5) is 11.7. The second kappa shape index (κ2) is 3.93. The Kier molecular flexibility index (Phi) is 2.75. The van der Waals surface area contributed by atoms with E-state index in [1.807, 2.05) is 24.3 Å². The minimum absolute atomic E-state index is 0.0109. The lowest BCUT2D eigenvalue weighted by molar-refractivity contribution is -0.000440. The molecule has 1 aliphatic heterocycles. The molecule has 0 saturated heterocycles. The second-order valence-corrected chi connectivity index (χ2v) is 5.11. The number of carbonyl (C=O) groups excluding carboxylic acids is 1. The molecule has 0 N–H and O–H groups in total. The predicted octanol–water partition coefficient (Wildman–Crippen LogP) is 3.72. The monoisotopic (exact) mass is 218 g/mol. The van der Waals surface area contributed by atoms with Crippen molar-refractivity contribution in [2.75, 3.05) is 0 Å². The maximum atomic E-state index is 11.7. The summed E-state index contributed by atoms with van der Waals surface area (Å²) in [5.74, 6) is -0.176. The summed E-state index contributed by atoms with van der Waals surface area (Å²) >= 11 is 0. The summed E-state index contributed by atoms with van der Waals surface area (Å²) in [6.07, 6.45) is 2.07. The lowest BCUT2D eigenvalue weighted by Crippen LogP contribution is -2.22. The Morgan fingerprint density at radius 1 is 1.31 bits per heavy atom. The molecule has 1 unspecified atom stereocenters. The molecule has 2 rings (SSSR count). The molecule has 1 heterocycles. The Morgan fingerprint density at radius 3 is 2.69 bits per heavy atom. The molecule has 0 aromatic heterocycles. The fourth-order valence-electron chi connectivity index (χ4n) is 2.50. The van der Waals surface area contributed by atoms with Crippen LogP contribution in [-0.4, -0.2) is 5.97 Å². The third kappa shape index (κ3) is 1.73. The smallest absolute Gasteiger partial charge is 0.339 e. The van der Waals surface area contributed by atoms with E-state index in [0.717, 1.165) is 24.0 Å².